The lowest BCUT2D eigenvalue weighted by atomic mass is 9.97. The number of rotatable bonds is 5. The Bertz CT molecular complexity index is 940. The predicted molar refractivity (Wildman–Crippen MR) is 113 cm³/mol. The van der Waals surface area contributed by atoms with Crippen LogP contribution in [0.3, 0.4) is 0 Å². The second-order valence-corrected chi connectivity index (χ2v) is 9.82. The number of nitrogens with zero attached hydrogens (tertiary/aromatic N) is 2. The molecule has 10 heteroatoms. The normalized spacial score (nSPS) is 16.1. The minimum Gasteiger partial charge on any atom is -0.324 e. The number of benzene rings is 1. The molecule has 150 valence electrons. The molecule has 1 aromatic heterocycles. The molecule has 1 N–H and O–H groups in total. The lowest BCUT2D eigenvalue weighted by Crippen LogP contribution is -2.41. The first-order valence-corrected chi connectivity index (χ1v) is 12.0. The molecule has 1 amide bonds. The second kappa shape index (κ2) is 9.00. The fraction of sp³-hybridized carbons (Fsp3) is 0.333. The Hall–Kier alpha value is -1.32. The smallest absolute Gasteiger partial charge is 0.246 e. The van der Waals surface area contributed by atoms with E-state index in [1.165, 1.54) is 28.2 Å². The maximum absolute atomic E-state index is 12.9. The van der Waals surface area contributed by atoms with Gasteiger partial charge in [-0.2, -0.15) is 4.31 Å². The summed E-state index contributed by atoms with van der Waals surface area (Å²) < 4.78 is 27.1. The Kier molecular flexibility index (Phi) is 6.88. The molecule has 0 spiro atoms. The van der Waals surface area contributed by atoms with Gasteiger partial charge in [0.25, 0.3) is 0 Å². The number of aromatic nitrogens is 1. The molecule has 0 aliphatic carbocycles. The van der Waals surface area contributed by atoms with Crippen molar-refractivity contribution in [2.75, 3.05) is 24.7 Å². The zero-order chi connectivity index (χ0) is 20.3. The van der Waals surface area contributed by atoms with E-state index in [1.54, 1.807) is 18.3 Å². The van der Waals surface area contributed by atoms with E-state index in [2.05, 4.69) is 10.3 Å². The van der Waals surface area contributed by atoms with Gasteiger partial charge in [-0.05, 0) is 43.4 Å². The molecule has 6 nitrogen and oxygen atoms in total. The lowest BCUT2D eigenvalue weighted by Gasteiger charge is -2.31. The largest absolute Gasteiger partial charge is 0.324 e. The maximum Gasteiger partial charge on any atom is 0.246 e. The Balaban J connectivity index is 1.64. The van der Waals surface area contributed by atoms with Crippen molar-refractivity contribution < 1.29 is 13.2 Å². The molecule has 0 radical (unpaired) electrons. The van der Waals surface area contributed by atoms with E-state index < -0.39 is 10.0 Å². The fourth-order valence-electron chi connectivity index (χ4n) is 3.04. The van der Waals surface area contributed by atoms with Crippen LogP contribution in [0.2, 0.25) is 10.0 Å². The minimum absolute atomic E-state index is 0.0822. The van der Waals surface area contributed by atoms with Crippen LogP contribution in [0.5, 0.6) is 0 Å². The van der Waals surface area contributed by atoms with Gasteiger partial charge >= 0.3 is 0 Å². The number of hydrogen-bond donors (Lipinski definition) is 1. The van der Waals surface area contributed by atoms with Gasteiger partial charge in [0, 0.05) is 19.0 Å². The molecule has 1 aliphatic heterocycles. The third kappa shape index (κ3) is 4.63. The monoisotopic (exact) mass is 459 g/mol. The fourth-order valence-corrected chi connectivity index (χ4v) is 5.96. The number of amides is 1. The molecular weight excluding hydrogens is 441 g/mol. The zero-order valence-electron chi connectivity index (χ0n) is 15.1. The van der Waals surface area contributed by atoms with Gasteiger partial charge in [-0.3, -0.25) is 4.79 Å². The number of hydrogen-bond acceptors (Lipinski definition) is 5. The Morgan fingerprint density at radius 3 is 2.36 bits per heavy atom. The van der Waals surface area contributed by atoms with Crippen LogP contribution in [0.4, 0.5) is 5.69 Å². The second-order valence-electron chi connectivity index (χ2n) is 6.31. The van der Waals surface area contributed by atoms with Crippen LogP contribution >= 0.6 is 35.0 Å². The van der Waals surface area contributed by atoms with Crippen molar-refractivity contribution in [1.82, 2.24) is 9.29 Å². The first kappa shape index (κ1) is 21.4. The summed E-state index contributed by atoms with van der Waals surface area (Å²) in [6.45, 7) is 0.456. The molecule has 2 aromatic rings. The molecule has 1 fully saturated rings. The van der Waals surface area contributed by atoms with Crippen molar-refractivity contribution in [2.24, 2.45) is 5.92 Å². The average molecular weight is 460 g/mol. The predicted octanol–water partition coefficient (Wildman–Crippen LogP) is 4.15. The third-order valence-electron chi connectivity index (χ3n) is 4.55. The molecule has 28 heavy (non-hydrogen) atoms. The number of nitrogens with one attached hydrogen (secondary N) is 1. The number of piperidine rings is 1. The standard InChI is InChI=1S/C18H19Cl2N3O3S2/c1-27-16-6-5-13(11-21-16)22-18(24)12-7-9-23(10-8-12)28(25,26)17-14(19)3-2-4-15(17)20/h2-6,11-12H,7-10H2,1H3,(H,22,24). The quantitative estimate of drug-likeness (QED) is 0.679. The summed E-state index contributed by atoms with van der Waals surface area (Å²) in [5.74, 6) is -0.403. The van der Waals surface area contributed by atoms with E-state index in [0.29, 0.717) is 18.5 Å². The summed E-state index contributed by atoms with van der Waals surface area (Å²) in [4.78, 5) is 16.6. The number of thioether (sulfide) groups is 1. The van der Waals surface area contributed by atoms with E-state index in [9.17, 15) is 13.2 Å². The van der Waals surface area contributed by atoms with Crippen molar-refractivity contribution in [1.29, 1.82) is 0 Å². The molecule has 1 saturated heterocycles. The lowest BCUT2D eigenvalue weighted by molar-refractivity contribution is -0.120. The van der Waals surface area contributed by atoms with Crippen molar-refractivity contribution in [3.05, 3.63) is 46.6 Å². The summed E-state index contributed by atoms with van der Waals surface area (Å²) in [5.41, 5.74) is 0.626. The van der Waals surface area contributed by atoms with Gasteiger partial charge in [0.05, 0.1) is 27.0 Å². The summed E-state index contributed by atoms with van der Waals surface area (Å²) in [6.07, 6.45) is 4.38. The first-order valence-electron chi connectivity index (χ1n) is 8.58. The van der Waals surface area contributed by atoms with Gasteiger partial charge < -0.3 is 5.32 Å². The summed E-state index contributed by atoms with van der Waals surface area (Å²) in [7, 11) is -3.81. The minimum atomic E-state index is -3.81. The number of carbonyl (C=O) groups is 1. The number of pyridine rings is 1. The van der Waals surface area contributed by atoms with Gasteiger partial charge in [-0.15, -0.1) is 11.8 Å². The molecule has 1 aromatic carbocycles. The summed E-state index contributed by atoms with van der Waals surface area (Å²) in [5, 5.41) is 3.90. The van der Waals surface area contributed by atoms with Gasteiger partial charge in [-0.1, -0.05) is 29.3 Å². The van der Waals surface area contributed by atoms with E-state index in [-0.39, 0.29) is 39.9 Å². The SMILES string of the molecule is CSc1ccc(NC(=O)C2CCN(S(=O)(=O)c3c(Cl)cccc3Cl)CC2)cn1. The van der Waals surface area contributed by atoms with Crippen LogP contribution in [0, 0.1) is 5.92 Å². The summed E-state index contributed by atoms with van der Waals surface area (Å²) >= 11 is 13.6. The van der Waals surface area contributed by atoms with Gasteiger partial charge in [0.15, 0.2) is 0 Å². The van der Waals surface area contributed by atoms with E-state index in [1.807, 2.05) is 12.3 Å². The Morgan fingerprint density at radius 2 is 1.82 bits per heavy atom. The first-order chi connectivity index (χ1) is 13.3. The highest BCUT2D eigenvalue weighted by Crippen LogP contribution is 2.33. The van der Waals surface area contributed by atoms with Crippen LogP contribution in [0.1, 0.15) is 12.8 Å². The van der Waals surface area contributed by atoms with Gasteiger partial charge in [0.2, 0.25) is 15.9 Å². The topological polar surface area (TPSA) is 79.4 Å². The van der Waals surface area contributed by atoms with Crippen LogP contribution in [-0.4, -0.2) is 43.0 Å². The molecular formula is C18H19Cl2N3O3S2. The van der Waals surface area contributed by atoms with Crippen LogP contribution < -0.4 is 5.32 Å². The van der Waals surface area contributed by atoms with Crippen LogP contribution in [-0.2, 0) is 14.8 Å². The summed E-state index contributed by atoms with van der Waals surface area (Å²) in [6, 6.07) is 8.23. The molecule has 0 unspecified atom stereocenters. The molecule has 0 saturated carbocycles. The number of sulfonamides is 1. The highest BCUT2D eigenvalue weighted by atomic mass is 35.5. The van der Waals surface area contributed by atoms with Crippen LogP contribution in [0.15, 0.2) is 46.5 Å². The highest BCUT2D eigenvalue weighted by Gasteiger charge is 2.34. The number of carbonyl (C=O) groups excluding carboxylic acids is 1. The Labute approximate surface area is 178 Å². The molecule has 2 heterocycles. The maximum atomic E-state index is 12.9. The molecule has 0 atom stereocenters. The van der Waals surface area contributed by atoms with Gasteiger partial charge in [0.1, 0.15) is 4.90 Å². The number of anilines is 1. The van der Waals surface area contributed by atoms with E-state index in [0.717, 1.165) is 5.03 Å². The van der Waals surface area contributed by atoms with E-state index >= 15 is 0 Å². The van der Waals surface area contributed by atoms with Crippen molar-refractivity contribution in [3.8, 4) is 0 Å². The van der Waals surface area contributed by atoms with E-state index in [4.69, 9.17) is 23.2 Å². The zero-order valence-corrected chi connectivity index (χ0v) is 18.2. The van der Waals surface area contributed by atoms with Crippen molar-refractivity contribution in [3.63, 3.8) is 0 Å². The third-order valence-corrected chi connectivity index (χ3v) is 8.07. The van der Waals surface area contributed by atoms with Crippen molar-refractivity contribution in [2.45, 2.75) is 22.8 Å². The molecule has 1 aliphatic rings. The highest BCUT2D eigenvalue weighted by molar-refractivity contribution is 7.98. The Morgan fingerprint density at radius 1 is 1.18 bits per heavy atom. The van der Waals surface area contributed by atoms with Gasteiger partial charge in [-0.25, -0.2) is 13.4 Å². The average Bonchev–Trinajstić information content (AvgIpc) is 2.68. The molecule has 3 rings (SSSR count). The van der Waals surface area contributed by atoms with Crippen molar-refractivity contribution >= 4 is 56.6 Å². The van der Waals surface area contributed by atoms with Crippen LogP contribution in [0.25, 0.3) is 0 Å². The number of halogens is 2. The molecule has 0 bridgehead atoms.